The molecule has 0 spiro atoms. The maximum Gasteiger partial charge on any atom is 0.326 e. The summed E-state index contributed by atoms with van der Waals surface area (Å²) in [5.74, 6) is -0.389. The van der Waals surface area contributed by atoms with Crippen molar-refractivity contribution >= 4 is 23.6 Å². The Morgan fingerprint density at radius 1 is 1.45 bits per heavy atom. The van der Waals surface area contributed by atoms with Gasteiger partial charge >= 0.3 is 5.97 Å². The first-order valence-corrected chi connectivity index (χ1v) is 7.61. The van der Waals surface area contributed by atoms with Gasteiger partial charge in [0, 0.05) is 23.8 Å². The molecular weight excluding hydrogens is 276 g/mol. The molecule has 108 valence electrons. The second kappa shape index (κ2) is 6.74. The SMILES string of the molecule is CC1CCN(C(=O)CSc2ccncc2)C(C(=O)O)C1. The summed E-state index contributed by atoms with van der Waals surface area (Å²) in [6, 6.07) is 3.00. The van der Waals surface area contributed by atoms with Crippen LogP contribution in [0.1, 0.15) is 19.8 Å². The van der Waals surface area contributed by atoms with Crippen LogP contribution in [0.25, 0.3) is 0 Å². The number of hydrogen-bond acceptors (Lipinski definition) is 4. The Hall–Kier alpha value is -1.56. The fraction of sp³-hybridized carbons (Fsp3) is 0.500. The molecule has 6 heteroatoms. The third-order valence-electron chi connectivity index (χ3n) is 3.48. The van der Waals surface area contributed by atoms with Crippen molar-refractivity contribution in [3.05, 3.63) is 24.5 Å². The van der Waals surface area contributed by atoms with Crippen LogP contribution in [0.5, 0.6) is 0 Å². The zero-order valence-corrected chi connectivity index (χ0v) is 12.2. The fourth-order valence-electron chi connectivity index (χ4n) is 2.34. The maximum absolute atomic E-state index is 12.2. The van der Waals surface area contributed by atoms with Gasteiger partial charge in [-0.2, -0.15) is 0 Å². The predicted molar refractivity (Wildman–Crippen MR) is 76.5 cm³/mol. The van der Waals surface area contributed by atoms with Crippen molar-refractivity contribution in [2.45, 2.75) is 30.7 Å². The van der Waals surface area contributed by atoms with Gasteiger partial charge in [-0.1, -0.05) is 6.92 Å². The average Bonchev–Trinajstić information content (AvgIpc) is 2.45. The molecule has 1 aliphatic heterocycles. The van der Waals surface area contributed by atoms with Crippen LogP contribution in [-0.2, 0) is 9.59 Å². The van der Waals surface area contributed by atoms with Crippen molar-refractivity contribution in [3.8, 4) is 0 Å². The summed E-state index contributed by atoms with van der Waals surface area (Å²) in [7, 11) is 0. The number of hydrogen-bond donors (Lipinski definition) is 1. The lowest BCUT2D eigenvalue weighted by molar-refractivity contribution is -0.151. The summed E-state index contributed by atoms with van der Waals surface area (Å²) < 4.78 is 0. The number of amides is 1. The van der Waals surface area contributed by atoms with E-state index < -0.39 is 12.0 Å². The molecule has 0 bridgehead atoms. The predicted octanol–water partition coefficient (Wildman–Crippen LogP) is 1.89. The van der Waals surface area contributed by atoms with Gasteiger partial charge in [0.15, 0.2) is 0 Å². The molecule has 5 nitrogen and oxygen atoms in total. The zero-order valence-electron chi connectivity index (χ0n) is 11.4. The van der Waals surface area contributed by atoms with E-state index in [0.29, 0.717) is 18.9 Å². The highest BCUT2D eigenvalue weighted by atomic mass is 32.2. The number of rotatable bonds is 4. The largest absolute Gasteiger partial charge is 0.480 e. The monoisotopic (exact) mass is 294 g/mol. The molecular formula is C14H18N2O3S. The molecule has 2 heterocycles. The van der Waals surface area contributed by atoms with Crippen LogP contribution in [0.2, 0.25) is 0 Å². The van der Waals surface area contributed by atoms with Crippen LogP contribution in [0, 0.1) is 5.92 Å². The fourth-order valence-corrected chi connectivity index (χ4v) is 3.11. The van der Waals surface area contributed by atoms with Crippen molar-refractivity contribution < 1.29 is 14.7 Å². The number of likely N-dealkylation sites (tertiary alicyclic amines) is 1. The molecule has 1 saturated heterocycles. The quantitative estimate of drug-likeness (QED) is 0.859. The summed E-state index contributed by atoms with van der Waals surface area (Å²) in [5.41, 5.74) is 0. The number of thioether (sulfide) groups is 1. The van der Waals surface area contributed by atoms with E-state index in [2.05, 4.69) is 4.98 Å². The normalized spacial score (nSPS) is 22.6. The number of carboxylic acids is 1. The van der Waals surface area contributed by atoms with Gasteiger partial charge in [-0.05, 0) is 30.9 Å². The molecule has 2 unspecified atom stereocenters. The van der Waals surface area contributed by atoms with Gasteiger partial charge < -0.3 is 10.0 Å². The molecule has 1 aliphatic rings. The molecule has 0 radical (unpaired) electrons. The minimum atomic E-state index is -0.904. The molecule has 2 rings (SSSR count). The number of aliphatic carboxylic acids is 1. The standard InChI is InChI=1S/C14H18N2O3S/c1-10-4-7-16(12(8-10)14(18)19)13(17)9-20-11-2-5-15-6-3-11/h2-3,5-6,10,12H,4,7-9H2,1H3,(H,18,19). The van der Waals surface area contributed by atoms with Crippen LogP contribution >= 0.6 is 11.8 Å². The topological polar surface area (TPSA) is 70.5 Å². The number of nitrogens with zero attached hydrogens (tertiary/aromatic N) is 2. The Kier molecular flexibility index (Phi) is 5.00. The van der Waals surface area contributed by atoms with E-state index in [1.54, 1.807) is 12.4 Å². The molecule has 0 aromatic carbocycles. The lowest BCUT2D eigenvalue weighted by Crippen LogP contribution is -2.50. The second-order valence-electron chi connectivity index (χ2n) is 5.04. The van der Waals surface area contributed by atoms with Gasteiger partial charge in [-0.25, -0.2) is 4.79 Å². The number of piperidine rings is 1. The van der Waals surface area contributed by atoms with E-state index in [4.69, 9.17) is 0 Å². The number of pyridine rings is 1. The van der Waals surface area contributed by atoms with Crippen molar-refractivity contribution in [1.29, 1.82) is 0 Å². The smallest absolute Gasteiger partial charge is 0.326 e. The molecule has 0 saturated carbocycles. The Morgan fingerprint density at radius 2 is 2.15 bits per heavy atom. The third kappa shape index (κ3) is 3.72. The minimum absolute atomic E-state index is 0.105. The average molecular weight is 294 g/mol. The first-order valence-electron chi connectivity index (χ1n) is 6.63. The van der Waals surface area contributed by atoms with Gasteiger partial charge in [0.25, 0.3) is 0 Å². The molecule has 1 aromatic rings. The van der Waals surface area contributed by atoms with E-state index >= 15 is 0 Å². The van der Waals surface area contributed by atoms with Gasteiger partial charge in [0.05, 0.1) is 5.75 Å². The highest BCUT2D eigenvalue weighted by Crippen LogP contribution is 2.24. The summed E-state index contributed by atoms with van der Waals surface area (Å²) in [4.78, 5) is 29.9. The van der Waals surface area contributed by atoms with Crippen LogP contribution in [0.3, 0.4) is 0 Å². The lowest BCUT2D eigenvalue weighted by Gasteiger charge is -2.36. The molecule has 1 amide bonds. The van der Waals surface area contributed by atoms with E-state index in [0.717, 1.165) is 11.3 Å². The first kappa shape index (κ1) is 14.8. The van der Waals surface area contributed by atoms with Gasteiger partial charge in [-0.3, -0.25) is 9.78 Å². The summed E-state index contributed by atoms with van der Waals surface area (Å²) in [5, 5.41) is 9.25. The molecule has 20 heavy (non-hydrogen) atoms. The Bertz CT molecular complexity index is 481. The van der Waals surface area contributed by atoms with E-state index in [1.807, 2.05) is 19.1 Å². The summed E-state index contributed by atoms with van der Waals surface area (Å²) in [6.07, 6.45) is 4.77. The van der Waals surface area contributed by atoms with Crippen LogP contribution in [-0.4, -0.2) is 45.2 Å². The highest BCUT2D eigenvalue weighted by Gasteiger charge is 2.34. The molecule has 1 fully saturated rings. The first-order chi connectivity index (χ1) is 9.58. The number of carbonyl (C=O) groups is 2. The summed E-state index contributed by atoms with van der Waals surface area (Å²) >= 11 is 1.41. The number of aromatic nitrogens is 1. The second-order valence-corrected chi connectivity index (χ2v) is 6.09. The van der Waals surface area contributed by atoms with E-state index in [1.165, 1.54) is 16.7 Å². The van der Waals surface area contributed by atoms with Crippen molar-refractivity contribution in [1.82, 2.24) is 9.88 Å². The van der Waals surface area contributed by atoms with Crippen LogP contribution in [0.15, 0.2) is 29.4 Å². The number of carboxylic acid groups (broad SMARTS) is 1. The minimum Gasteiger partial charge on any atom is -0.480 e. The molecule has 2 atom stereocenters. The van der Waals surface area contributed by atoms with Crippen molar-refractivity contribution in [3.63, 3.8) is 0 Å². The van der Waals surface area contributed by atoms with Crippen molar-refractivity contribution in [2.75, 3.05) is 12.3 Å². The Balaban J connectivity index is 1.95. The number of carbonyl (C=O) groups excluding carboxylic acids is 1. The summed E-state index contributed by atoms with van der Waals surface area (Å²) in [6.45, 7) is 2.57. The highest BCUT2D eigenvalue weighted by molar-refractivity contribution is 8.00. The zero-order chi connectivity index (χ0) is 14.5. The van der Waals surface area contributed by atoms with Gasteiger partial charge in [0.2, 0.25) is 5.91 Å². The Labute approximate surface area is 122 Å². The van der Waals surface area contributed by atoms with Crippen LogP contribution < -0.4 is 0 Å². The Morgan fingerprint density at radius 3 is 2.80 bits per heavy atom. The third-order valence-corrected chi connectivity index (χ3v) is 4.48. The molecule has 1 aromatic heterocycles. The molecule has 1 N–H and O–H groups in total. The van der Waals surface area contributed by atoms with E-state index in [9.17, 15) is 14.7 Å². The maximum atomic E-state index is 12.2. The van der Waals surface area contributed by atoms with Gasteiger partial charge in [0.1, 0.15) is 6.04 Å². The van der Waals surface area contributed by atoms with Crippen LogP contribution in [0.4, 0.5) is 0 Å². The van der Waals surface area contributed by atoms with E-state index in [-0.39, 0.29) is 11.7 Å². The lowest BCUT2D eigenvalue weighted by atomic mass is 9.92. The van der Waals surface area contributed by atoms with Gasteiger partial charge in [-0.15, -0.1) is 11.8 Å². The van der Waals surface area contributed by atoms with Crippen molar-refractivity contribution in [2.24, 2.45) is 5.92 Å². The molecule has 0 aliphatic carbocycles.